The van der Waals surface area contributed by atoms with Gasteiger partial charge in [0.2, 0.25) is 0 Å². The summed E-state index contributed by atoms with van der Waals surface area (Å²) < 4.78 is 10.4. The van der Waals surface area contributed by atoms with Crippen molar-refractivity contribution in [2.75, 3.05) is 26.1 Å². The van der Waals surface area contributed by atoms with Crippen LogP contribution in [0.5, 0.6) is 11.5 Å². The number of methoxy groups -OCH3 is 2. The van der Waals surface area contributed by atoms with Crippen molar-refractivity contribution in [3.8, 4) is 23.3 Å². The minimum atomic E-state index is -0.307. The average Bonchev–Trinajstić information content (AvgIpc) is 2.40. The molecule has 0 aliphatic carbocycles. The Labute approximate surface area is 113 Å². The number of rotatable bonds is 4. The smallest absolute Gasteiger partial charge is 0.320 e. The first-order valence-electron chi connectivity index (χ1n) is 5.79. The van der Waals surface area contributed by atoms with Crippen LogP contribution < -0.4 is 20.1 Å². The topological polar surface area (TPSA) is 59.6 Å². The summed E-state index contributed by atoms with van der Waals surface area (Å²) in [5.74, 6) is 6.65. The minimum absolute atomic E-state index is 0.307. The van der Waals surface area contributed by atoms with Gasteiger partial charge < -0.3 is 20.1 Å². The molecule has 5 nitrogen and oxygen atoms in total. The third-order valence-electron chi connectivity index (χ3n) is 2.49. The summed E-state index contributed by atoms with van der Waals surface area (Å²) in [7, 11) is 3.12. The zero-order valence-electron chi connectivity index (χ0n) is 11.6. The SMILES string of the molecule is CC#CCNC(=O)Nc1cc(OC)c(OC)cc1C. The molecule has 0 unspecified atom stereocenters. The van der Waals surface area contributed by atoms with E-state index in [1.165, 1.54) is 0 Å². The van der Waals surface area contributed by atoms with Crippen LogP contribution in [0.4, 0.5) is 10.5 Å². The number of nitrogens with one attached hydrogen (secondary N) is 2. The fourth-order valence-electron chi connectivity index (χ4n) is 1.49. The molecule has 0 radical (unpaired) electrons. The zero-order valence-corrected chi connectivity index (χ0v) is 11.6. The number of urea groups is 1. The van der Waals surface area contributed by atoms with Crippen LogP contribution in [0.3, 0.4) is 0 Å². The number of ether oxygens (including phenoxy) is 2. The second-order valence-electron chi connectivity index (χ2n) is 3.76. The van der Waals surface area contributed by atoms with E-state index in [1.54, 1.807) is 33.3 Å². The van der Waals surface area contributed by atoms with E-state index in [-0.39, 0.29) is 6.03 Å². The number of aryl methyl sites for hydroxylation is 1. The van der Waals surface area contributed by atoms with Gasteiger partial charge in [0.25, 0.3) is 0 Å². The molecule has 5 heteroatoms. The number of carbonyl (C=O) groups excluding carboxylic acids is 1. The summed E-state index contributed by atoms with van der Waals surface area (Å²) in [5, 5.41) is 5.37. The summed E-state index contributed by atoms with van der Waals surface area (Å²) in [6.45, 7) is 3.91. The molecule has 0 saturated carbocycles. The molecule has 102 valence electrons. The first kappa shape index (κ1) is 14.7. The lowest BCUT2D eigenvalue weighted by Gasteiger charge is -2.13. The highest BCUT2D eigenvalue weighted by Gasteiger charge is 2.10. The number of amides is 2. The molecule has 19 heavy (non-hydrogen) atoms. The van der Waals surface area contributed by atoms with E-state index in [2.05, 4.69) is 22.5 Å². The second kappa shape index (κ2) is 7.17. The Morgan fingerprint density at radius 2 is 1.89 bits per heavy atom. The van der Waals surface area contributed by atoms with Crippen LogP contribution in [0.15, 0.2) is 12.1 Å². The Hall–Kier alpha value is -2.35. The van der Waals surface area contributed by atoms with Crippen LogP contribution in [0.2, 0.25) is 0 Å². The lowest BCUT2D eigenvalue weighted by Crippen LogP contribution is -2.29. The molecule has 0 fully saturated rings. The Morgan fingerprint density at radius 1 is 1.26 bits per heavy atom. The standard InChI is InChI=1S/C14H18N2O3/c1-5-6-7-15-14(17)16-11-9-13(19-4)12(18-3)8-10(11)2/h8-9H,7H2,1-4H3,(H2,15,16,17). The van der Waals surface area contributed by atoms with Gasteiger partial charge in [0.1, 0.15) is 0 Å². The largest absolute Gasteiger partial charge is 0.493 e. The van der Waals surface area contributed by atoms with Gasteiger partial charge in [0.15, 0.2) is 11.5 Å². The fraction of sp³-hybridized carbons (Fsp3) is 0.357. The molecule has 2 N–H and O–H groups in total. The highest BCUT2D eigenvalue weighted by molar-refractivity contribution is 5.90. The minimum Gasteiger partial charge on any atom is -0.493 e. The molecule has 0 atom stereocenters. The van der Waals surface area contributed by atoms with Crippen LogP contribution in [-0.2, 0) is 0 Å². The monoisotopic (exact) mass is 262 g/mol. The van der Waals surface area contributed by atoms with Gasteiger partial charge in [-0.3, -0.25) is 0 Å². The van der Waals surface area contributed by atoms with Crippen LogP contribution in [0, 0.1) is 18.8 Å². The average molecular weight is 262 g/mol. The van der Waals surface area contributed by atoms with Gasteiger partial charge in [-0.05, 0) is 25.5 Å². The summed E-state index contributed by atoms with van der Waals surface area (Å²) in [4.78, 5) is 11.6. The van der Waals surface area contributed by atoms with Crippen LogP contribution in [0.25, 0.3) is 0 Å². The molecule has 1 aromatic rings. The molecular formula is C14H18N2O3. The Balaban J connectivity index is 2.82. The maximum atomic E-state index is 11.6. The molecule has 2 amide bonds. The van der Waals surface area contributed by atoms with Crippen molar-refractivity contribution in [2.24, 2.45) is 0 Å². The third-order valence-corrected chi connectivity index (χ3v) is 2.49. The van der Waals surface area contributed by atoms with Crippen molar-refractivity contribution in [3.05, 3.63) is 17.7 Å². The first-order chi connectivity index (χ1) is 9.12. The van der Waals surface area contributed by atoms with Crippen molar-refractivity contribution >= 4 is 11.7 Å². The van der Waals surface area contributed by atoms with Gasteiger partial charge in [0, 0.05) is 11.8 Å². The van der Waals surface area contributed by atoms with Crippen LogP contribution >= 0.6 is 0 Å². The third kappa shape index (κ3) is 4.11. The molecule has 0 spiro atoms. The molecule has 1 aromatic carbocycles. The maximum absolute atomic E-state index is 11.6. The molecular weight excluding hydrogens is 244 g/mol. The van der Waals surface area contributed by atoms with E-state index in [0.717, 1.165) is 5.56 Å². The summed E-state index contributed by atoms with van der Waals surface area (Å²) in [6.07, 6.45) is 0. The van der Waals surface area contributed by atoms with E-state index < -0.39 is 0 Å². The Morgan fingerprint density at radius 3 is 2.47 bits per heavy atom. The molecule has 0 saturated heterocycles. The van der Waals surface area contributed by atoms with Gasteiger partial charge in [-0.1, -0.05) is 5.92 Å². The van der Waals surface area contributed by atoms with Gasteiger partial charge in [-0.2, -0.15) is 0 Å². The normalized spacial score (nSPS) is 9.05. The number of carbonyl (C=O) groups is 1. The zero-order chi connectivity index (χ0) is 14.3. The maximum Gasteiger partial charge on any atom is 0.320 e. The molecule has 0 heterocycles. The van der Waals surface area contributed by atoms with Crippen molar-refractivity contribution in [1.82, 2.24) is 5.32 Å². The van der Waals surface area contributed by atoms with E-state index in [9.17, 15) is 4.79 Å². The number of benzene rings is 1. The van der Waals surface area contributed by atoms with E-state index in [1.807, 2.05) is 6.92 Å². The summed E-state index contributed by atoms with van der Waals surface area (Å²) in [5.41, 5.74) is 1.55. The van der Waals surface area contributed by atoms with Crippen molar-refractivity contribution in [2.45, 2.75) is 13.8 Å². The predicted octanol–water partition coefficient (Wildman–Crippen LogP) is 2.16. The van der Waals surface area contributed by atoms with Crippen molar-refractivity contribution in [1.29, 1.82) is 0 Å². The molecule has 0 aliphatic heterocycles. The van der Waals surface area contributed by atoms with Crippen LogP contribution in [-0.4, -0.2) is 26.8 Å². The van der Waals surface area contributed by atoms with Gasteiger partial charge in [-0.15, -0.1) is 5.92 Å². The van der Waals surface area contributed by atoms with E-state index >= 15 is 0 Å². The quantitative estimate of drug-likeness (QED) is 0.817. The highest BCUT2D eigenvalue weighted by Crippen LogP contribution is 2.32. The van der Waals surface area contributed by atoms with Crippen molar-refractivity contribution < 1.29 is 14.3 Å². The molecule has 0 aliphatic rings. The first-order valence-corrected chi connectivity index (χ1v) is 5.79. The Kier molecular flexibility index (Phi) is 5.55. The lowest BCUT2D eigenvalue weighted by molar-refractivity contribution is 0.253. The van der Waals surface area contributed by atoms with Gasteiger partial charge in [-0.25, -0.2) is 4.79 Å². The van der Waals surface area contributed by atoms with Crippen molar-refractivity contribution in [3.63, 3.8) is 0 Å². The van der Waals surface area contributed by atoms with Crippen LogP contribution in [0.1, 0.15) is 12.5 Å². The molecule has 1 rings (SSSR count). The summed E-state index contributed by atoms with van der Waals surface area (Å²) >= 11 is 0. The highest BCUT2D eigenvalue weighted by atomic mass is 16.5. The second-order valence-corrected chi connectivity index (χ2v) is 3.76. The molecule has 0 bridgehead atoms. The Bertz CT molecular complexity index is 515. The van der Waals surface area contributed by atoms with Gasteiger partial charge >= 0.3 is 6.03 Å². The number of anilines is 1. The summed E-state index contributed by atoms with van der Waals surface area (Å²) in [6, 6.07) is 3.22. The lowest BCUT2D eigenvalue weighted by atomic mass is 10.1. The predicted molar refractivity (Wildman–Crippen MR) is 74.8 cm³/mol. The fourth-order valence-corrected chi connectivity index (χ4v) is 1.49. The van der Waals surface area contributed by atoms with E-state index in [0.29, 0.717) is 23.7 Å². The van der Waals surface area contributed by atoms with E-state index in [4.69, 9.17) is 9.47 Å². The van der Waals surface area contributed by atoms with Gasteiger partial charge in [0.05, 0.1) is 20.8 Å². The number of hydrogen-bond donors (Lipinski definition) is 2. The number of hydrogen-bond acceptors (Lipinski definition) is 3. The molecule has 0 aromatic heterocycles.